The van der Waals surface area contributed by atoms with E-state index in [4.69, 9.17) is 9.47 Å². The number of benzene rings is 2. The standard InChI is InChI=1S/C23H28N6O3/c1-3-20-15-28(14-19-12-21(31-2)8-9-22(19)32-20)11-10-24-23(30)18-6-4-17(5-7-18)13-29-16-25-26-27-29/h4-9,12,16,20H,3,10-11,13-15H2,1-2H3,(H,24,30)/t20-/m0/s1. The number of hydrogen-bond acceptors (Lipinski definition) is 7. The van der Waals surface area contributed by atoms with Gasteiger partial charge in [0.1, 0.15) is 23.9 Å². The maximum Gasteiger partial charge on any atom is 0.251 e. The first kappa shape index (κ1) is 21.8. The summed E-state index contributed by atoms with van der Waals surface area (Å²) in [6, 6.07) is 13.4. The van der Waals surface area contributed by atoms with E-state index < -0.39 is 0 Å². The van der Waals surface area contributed by atoms with Crippen molar-refractivity contribution >= 4 is 5.91 Å². The monoisotopic (exact) mass is 436 g/mol. The van der Waals surface area contributed by atoms with Crippen LogP contribution in [0.25, 0.3) is 0 Å². The average molecular weight is 437 g/mol. The molecule has 168 valence electrons. The normalized spacial score (nSPS) is 16.0. The van der Waals surface area contributed by atoms with Crippen molar-refractivity contribution in [3.63, 3.8) is 0 Å². The zero-order valence-corrected chi connectivity index (χ0v) is 18.4. The predicted molar refractivity (Wildman–Crippen MR) is 119 cm³/mol. The number of fused-ring (bicyclic) bond motifs is 1. The van der Waals surface area contributed by atoms with E-state index in [2.05, 4.69) is 32.7 Å². The third-order valence-electron chi connectivity index (χ3n) is 5.54. The van der Waals surface area contributed by atoms with Crippen molar-refractivity contribution in [3.8, 4) is 11.5 Å². The average Bonchev–Trinajstić information content (AvgIpc) is 3.25. The first-order valence-corrected chi connectivity index (χ1v) is 10.8. The molecule has 9 nitrogen and oxygen atoms in total. The maximum atomic E-state index is 12.6. The van der Waals surface area contributed by atoms with E-state index in [9.17, 15) is 4.79 Å². The molecule has 1 N–H and O–H groups in total. The van der Waals surface area contributed by atoms with Crippen LogP contribution in [0.3, 0.4) is 0 Å². The molecule has 0 fully saturated rings. The van der Waals surface area contributed by atoms with Crippen LogP contribution in [0.4, 0.5) is 0 Å². The van der Waals surface area contributed by atoms with Crippen LogP contribution in [0.15, 0.2) is 48.8 Å². The molecule has 2 heterocycles. The number of tetrazole rings is 1. The number of methoxy groups -OCH3 is 1. The number of amides is 1. The van der Waals surface area contributed by atoms with Crippen LogP contribution in [0.5, 0.6) is 11.5 Å². The highest BCUT2D eigenvalue weighted by Crippen LogP contribution is 2.29. The summed E-state index contributed by atoms with van der Waals surface area (Å²) in [4.78, 5) is 14.9. The Balaban J connectivity index is 1.32. The summed E-state index contributed by atoms with van der Waals surface area (Å²) < 4.78 is 13.2. The minimum absolute atomic E-state index is 0.0841. The van der Waals surface area contributed by atoms with Gasteiger partial charge in [0.05, 0.1) is 13.7 Å². The topological polar surface area (TPSA) is 94.4 Å². The molecule has 0 saturated carbocycles. The number of ether oxygens (including phenoxy) is 2. The zero-order chi connectivity index (χ0) is 22.3. The third kappa shape index (κ3) is 5.42. The molecule has 0 spiro atoms. The van der Waals surface area contributed by atoms with Gasteiger partial charge >= 0.3 is 0 Å². The van der Waals surface area contributed by atoms with Gasteiger partial charge in [-0.15, -0.1) is 5.10 Å². The minimum atomic E-state index is -0.0841. The van der Waals surface area contributed by atoms with Gasteiger partial charge < -0.3 is 14.8 Å². The van der Waals surface area contributed by atoms with Crippen molar-refractivity contribution < 1.29 is 14.3 Å². The SMILES string of the molecule is CC[C@H]1CN(CCNC(=O)c2ccc(Cn3cnnn3)cc2)Cc2cc(OC)ccc2O1. The van der Waals surface area contributed by atoms with Gasteiger partial charge in [0.2, 0.25) is 0 Å². The predicted octanol–water partition coefficient (Wildman–Crippen LogP) is 2.13. The molecule has 0 radical (unpaired) electrons. The number of nitrogens with one attached hydrogen (secondary N) is 1. The summed E-state index contributed by atoms with van der Waals surface area (Å²) in [5, 5.41) is 14.1. The molecule has 1 amide bonds. The van der Waals surface area contributed by atoms with E-state index in [-0.39, 0.29) is 12.0 Å². The molecule has 1 aromatic heterocycles. The fraction of sp³-hybridized carbons (Fsp3) is 0.391. The molecular weight excluding hydrogens is 408 g/mol. The fourth-order valence-electron chi connectivity index (χ4n) is 3.75. The van der Waals surface area contributed by atoms with E-state index in [0.29, 0.717) is 18.7 Å². The van der Waals surface area contributed by atoms with Gasteiger partial charge in [0.15, 0.2) is 0 Å². The molecule has 2 aromatic carbocycles. The first-order valence-electron chi connectivity index (χ1n) is 10.8. The van der Waals surface area contributed by atoms with Crippen molar-refractivity contribution in [2.24, 2.45) is 0 Å². The number of nitrogens with zero attached hydrogens (tertiary/aromatic N) is 5. The van der Waals surface area contributed by atoms with Crippen molar-refractivity contribution in [2.45, 2.75) is 32.5 Å². The van der Waals surface area contributed by atoms with E-state index in [1.807, 2.05) is 42.5 Å². The van der Waals surface area contributed by atoms with Crippen LogP contribution in [0.2, 0.25) is 0 Å². The van der Waals surface area contributed by atoms with Gasteiger partial charge in [-0.25, -0.2) is 4.68 Å². The van der Waals surface area contributed by atoms with Crippen molar-refractivity contribution in [1.82, 2.24) is 30.4 Å². The first-order chi connectivity index (χ1) is 15.6. The number of carbonyl (C=O) groups excluding carboxylic acids is 1. The Morgan fingerprint density at radius 3 is 2.81 bits per heavy atom. The second kappa shape index (κ2) is 10.2. The van der Waals surface area contributed by atoms with Gasteiger partial charge in [-0.2, -0.15) is 0 Å². The Morgan fingerprint density at radius 2 is 2.09 bits per heavy atom. The van der Waals surface area contributed by atoms with Gasteiger partial charge in [-0.3, -0.25) is 9.69 Å². The lowest BCUT2D eigenvalue weighted by molar-refractivity contribution is 0.0942. The van der Waals surface area contributed by atoms with E-state index in [1.165, 1.54) is 0 Å². The zero-order valence-electron chi connectivity index (χ0n) is 18.4. The number of carbonyl (C=O) groups is 1. The Bertz CT molecular complexity index is 1020. The molecule has 1 aliphatic rings. The highest BCUT2D eigenvalue weighted by atomic mass is 16.5. The quantitative estimate of drug-likeness (QED) is 0.578. The lowest BCUT2D eigenvalue weighted by Gasteiger charge is -2.23. The Kier molecular flexibility index (Phi) is 6.96. The summed E-state index contributed by atoms with van der Waals surface area (Å²) in [5.74, 6) is 1.64. The van der Waals surface area contributed by atoms with Gasteiger partial charge in [-0.05, 0) is 52.7 Å². The van der Waals surface area contributed by atoms with Gasteiger partial charge in [-0.1, -0.05) is 19.1 Å². The van der Waals surface area contributed by atoms with Crippen LogP contribution >= 0.6 is 0 Å². The van der Waals surface area contributed by atoms with Crippen LogP contribution in [0, 0.1) is 0 Å². The van der Waals surface area contributed by atoms with Crippen molar-refractivity contribution in [3.05, 3.63) is 65.5 Å². The highest BCUT2D eigenvalue weighted by molar-refractivity contribution is 5.94. The smallest absolute Gasteiger partial charge is 0.251 e. The number of hydrogen-bond donors (Lipinski definition) is 1. The lowest BCUT2D eigenvalue weighted by atomic mass is 10.1. The van der Waals surface area contributed by atoms with Gasteiger partial charge in [0.25, 0.3) is 5.91 Å². The van der Waals surface area contributed by atoms with E-state index >= 15 is 0 Å². The summed E-state index contributed by atoms with van der Waals surface area (Å²) >= 11 is 0. The Hall–Kier alpha value is -3.46. The number of rotatable bonds is 8. The second-order valence-corrected chi connectivity index (χ2v) is 7.82. The fourth-order valence-corrected chi connectivity index (χ4v) is 3.75. The van der Waals surface area contributed by atoms with E-state index in [0.717, 1.165) is 48.7 Å². The number of aromatic nitrogens is 4. The molecule has 0 aliphatic carbocycles. The lowest BCUT2D eigenvalue weighted by Crippen LogP contribution is -2.38. The second-order valence-electron chi connectivity index (χ2n) is 7.82. The molecule has 1 aliphatic heterocycles. The van der Waals surface area contributed by atoms with Crippen LogP contribution in [-0.2, 0) is 13.1 Å². The molecule has 0 bridgehead atoms. The van der Waals surface area contributed by atoms with Gasteiger partial charge in [0, 0.05) is 37.3 Å². The summed E-state index contributed by atoms with van der Waals surface area (Å²) in [6.45, 7) is 5.56. The molecule has 3 aromatic rings. The minimum Gasteiger partial charge on any atom is -0.497 e. The highest BCUT2D eigenvalue weighted by Gasteiger charge is 2.22. The molecular formula is C23H28N6O3. The summed E-state index contributed by atoms with van der Waals surface area (Å²) in [5.41, 5.74) is 2.76. The molecule has 0 unspecified atom stereocenters. The molecule has 9 heteroatoms. The Labute approximate surface area is 187 Å². The summed E-state index contributed by atoms with van der Waals surface area (Å²) in [7, 11) is 1.67. The molecule has 1 atom stereocenters. The van der Waals surface area contributed by atoms with Crippen molar-refractivity contribution in [2.75, 3.05) is 26.7 Å². The van der Waals surface area contributed by atoms with Crippen molar-refractivity contribution in [1.29, 1.82) is 0 Å². The third-order valence-corrected chi connectivity index (χ3v) is 5.54. The van der Waals surface area contributed by atoms with E-state index in [1.54, 1.807) is 18.1 Å². The van der Waals surface area contributed by atoms with Crippen LogP contribution < -0.4 is 14.8 Å². The largest absolute Gasteiger partial charge is 0.497 e. The molecule has 0 saturated heterocycles. The Morgan fingerprint density at radius 1 is 1.25 bits per heavy atom. The molecule has 32 heavy (non-hydrogen) atoms. The molecule has 4 rings (SSSR count). The van der Waals surface area contributed by atoms with Crippen LogP contribution in [0.1, 0.15) is 34.8 Å². The maximum absolute atomic E-state index is 12.6. The summed E-state index contributed by atoms with van der Waals surface area (Å²) in [6.07, 6.45) is 2.60. The van der Waals surface area contributed by atoms with Crippen LogP contribution in [-0.4, -0.2) is 63.9 Å².